The van der Waals surface area contributed by atoms with Crippen LogP contribution in [-0.4, -0.2) is 25.5 Å². The Morgan fingerprint density at radius 1 is 0.970 bits per heavy atom. The maximum atomic E-state index is 12.6. The first-order valence-electron chi connectivity index (χ1n) is 9.38. The average molecular weight is 590 g/mol. The van der Waals surface area contributed by atoms with Crippen LogP contribution in [0.2, 0.25) is 20.1 Å². The van der Waals surface area contributed by atoms with Crippen molar-refractivity contribution in [1.82, 2.24) is 19.6 Å². The van der Waals surface area contributed by atoms with Crippen LogP contribution in [0.25, 0.3) is 0 Å². The summed E-state index contributed by atoms with van der Waals surface area (Å²) < 4.78 is 9.36. The highest BCUT2D eigenvalue weighted by molar-refractivity contribution is 9.10. The van der Waals surface area contributed by atoms with Crippen LogP contribution in [0.15, 0.2) is 59.3 Å². The number of aromatic nitrogens is 4. The van der Waals surface area contributed by atoms with Crippen LogP contribution < -0.4 is 10.1 Å². The molecule has 1 N–H and O–H groups in total. The van der Waals surface area contributed by atoms with E-state index in [1.54, 1.807) is 53.5 Å². The van der Waals surface area contributed by atoms with Crippen LogP contribution in [-0.2, 0) is 13.3 Å². The van der Waals surface area contributed by atoms with Gasteiger partial charge in [0.2, 0.25) is 0 Å². The molecular weight excluding hydrogens is 576 g/mol. The zero-order valence-corrected chi connectivity index (χ0v) is 21.2. The van der Waals surface area contributed by atoms with E-state index < -0.39 is 5.91 Å². The summed E-state index contributed by atoms with van der Waals surface area (Å²) in [5, 5.41) is 13.1. The summed E-state index contributed by atoms with van der Waals surface area (Å²) in [6.07, 6.45) is 3.36. The summed E-state index contributed by atoms with van der Waals surface area (Å²) in [7, 11) is 0. The lowest BCUT2D eigenvalue weighted by atomic mass is 10.2. The van der Waals surface area contributed by atoms with Crippen LogP contribution in [0.5, 0.6) is 5.75 Å². The first-order chi connectivity index (χ1) is 15.8. The number of carbonyl (C=O) groups is 1. The smallest absolute Gasteiger partial charge is 0.277 e. The molecule has 0 aliphatic heterocycles. The number of para-hydroxylation sites is 1. The third-order valence-electron chi connectivity index (χ3n) is 4.41. The molecule has 0 saturated carbocycles. The molecule has 0 aliphatic rings. The molecule has 33 heavy (non-hydrogen) atoms. The van der Waals surface area contributed by atoms with Crippen LogP contribution >= 0.6 is 62.3 Å². The van der Waals surface area contributed by atoms with Crippen molar-refractivity contribution in [2.24, 2.45) is 0 Å². The van der Waals surface area contributed by atoms with Gasteiger partial charge in [0.25, 0.3) is 5.91 Å². The summed E-state index contributed by atoms with van der Waals surface area (Å²) in [4.78, 5) is 12.6. The summed E-state index contributed by atoms with van der Waals surface area (Å²) in [5.41, 5.74) is 1.10. The van der Waals surface area contributed by atoms with Gasteiger partial charge in [-0.25, -0.2) is 4.68 Å². The van der Waals surface area contributed by atoms with Gasteiger partial charge in [-0.05, 0) is 51.8 Å². The SMILES string of the molecule is O=C(Nc1nn(Cc2ccc(Cl)c(Cl)c2)cc1Br)c1ccn(COc2c(Cl)cccc2Cl)n1. The summed E-state index contributed by atoms with van der Waals surface area (Å²) in [5.74, 6) is 0.275. The number of rotatable bonds is 7. The molecule has 1 amide bonds. The predicted octanol–water partition coefficient (Wildman–Crippen LogP) is 6.79. The second kappa shape index (κ2) is 10.4. The van der Waals surface area contributed by atoms with Gasteiger partial charge < -0.3 is 10.1 Å². The van der Waals surface area contributed by atoms with Gasteiger partial charge in [0.1, 0.15) is 0 Å². The minimum atomic E-state index is -0.426. The summed E-state index contributed by atoms with van der Waals surface area (Å²) in [6, 6.07) is 12.0. The molecule has 0 atom stereocenters. The molecule has 0 radical (unpaired) electrons. The lowest BCUT2D eigenvalue weighted by Gasteiger charge is -2.09. The van der Waals surface area contributed by atoms with E-state index in [9.17, 15) is 4.79 Å². The Morgan fingerprint density at radius 2 is 1.73 bits per heavy atom. The van der Waals surface area contributed by atoms with Gasteiger partial charge in [0.15, 0.2) is 24.0 Å². The zero-order chi connectivity index (χ0) is 23.5. The van der Waals surface area contributed by atoms with E-state index in [1.807, 2.05) is 6.07 Å². The monoisotopic (exact) mass is 587 g/mol. The minimum absolute atomic E-state index is 0.0265. The second-order valence-corrected chi connectivity index (χ2v) is 9.27. The molecule has 0 bridgehead atoms. The number of amides is 1. The van der Waals surface area contributed by atoms with E-state index in [0.29, 0.717) is 42.7 Å². The quantitative estimate of drug-likeness (QED) is 0.257. The Balaban J connectivity index is 1.39. The topological polar surface area (TPSA) is 74.0 Å². The van der Waals surface area contributed by atoms with Gasteiger partial charge in [0, 0.05) is 12.4 Å². The van der Waals surface area contributed by atoms with Gasteiger partial charge in [-0.1, -0.05) is 58.5 Å². The fraction of sp³-hybridized carbons (Fsp3) is 0.0952. The van der Waals surface area contributed by atoms with Gasteiger partial charge >= 0.3 is 0 Å². The summed E-state index contributed by atoms with van der Waals surface area (Å²) >= 11 is 27.6. The number of anilines is 1. The molecule has 2 heterocycles. The van der Waals surface area contributed by atoms with Crippen molar-refractivity contribution in [3.63, 3.8) is 0 Å². The average Bonchev–Trinajstić information content (AvgIpc) is 3.37. The predicted molar refractivity (Wildman–Crippen MR) is 133 cm³/mol. The first kappa shape index (κ1) is 23.9. The number of nitrogens with one attached hydrogen (secondary N) is 1. The molecule has 0 aliphatic carbocycles. The Kier molecular flexibility index (Phi) is 7.51. The van der Waals surface area contributed by atoms with E-state index in [-0.39, 0.29) is 12.4 Å². The van der Waals surface area contributed by atoms with E-state index >= 15 is 0 Å². The molecule has 4 rings (SSSR count). The van der Waals surface area contributed by atoms with Crippen molar-refractivity contribution in [3.8, 4) is 5.75 Å². The number of hydrogen-bond acceptors (Lipinski definition) is 4. The van der Waals surface area contributed by atoms with E-state index in [1.165, 1.54) is 4.68 Å². The van der Waals surface area contributed by atoms with Gasteiger partial charge in [-0.15, -0.1) is 0 Å². The number of halogens is 5. The fourth-order valence-corrected chi connectivity index (χ4v) is 4.11. The number of carbonyl (C=O) groups excluding carboxylic acids is 1. The van der Waals surface area contributed by atoms with Gasteiger partial charge in [0.05, 0.1) is 31.1 Å². The molecular formula is C21H14BrCl4N5O2. The Bertz CT molecular complexity index is 1300. The maximum Gasteiger partial charge on any atom is 0.277 e. The molecule has 12 heteroatoms. The summed E-state index contributed by atoms with van der Waals surface area (Å²) in [6.45, 7) is 0.473. The standard InChI is InChI=1S/C21H14BrCl4N5O2/c22-13-10-31(9-12-4-5-14(23)17(26)8-12)29-20(13)27-21(32)18-6-7-30(28-18)11-33-19-15(24)2-1-3-16(19)25/h1-8,10H,9,11H2,(H,27,29,32). The molecule has 0 unspecified atom stereocenters. The largest absolute Gasteiger partial charge is 0.468 e. The highest BCUT2D eigenvalue weighted by Gasteiger charge is 2.15. The van der Waals surface area contributed by atoms with Crippen LogP contribution in [0, 0.1) is 0 Å². The minimum Gasteiger partial charge on any atom is -0.468 e. The number of benzene rings is 2. The molecule has 170 valence electrons. The Labute approximate surface area is 217 Å². The lowest BCUT2D eigenvalue weighted by Crippen LogP contribution is -2.15. The first-order valence-corrected chi connectivity index (χ1v) is 11.7. The van der Waals surface area contributed by atoms with Crippen molar-refractivity contribution in [1.29, 1.82) is 0 Å². The fourth-order valence-electron chi connectivity index (χ4n) is 2.87. The highest BCUT2D eigenvalue weighted by atomic mass is 79.9. The van der Waals surface area contributed by atoms with Crippen molar-refractivity contribution in [3.05, 3.63) is 90.7 Å². The number of nitrogens with zero attached hydrogens (tertiary/aromatic N) is 4. The Morgan fingerprint density at radius 3 is 2.45 bits per heavy atom. The van der Waals surface area contributed by atoms with E-state index in [0.717, 1.165) is 5.56 Å². The lowest BCUT2D eigenvalue weighted by molar-refractivity contribution is 0.101. The number of hydrogen-bond donors (Lipinski definition) is 1. The molecule has 2 aromatic heterocycles. The molecule has 0 spiro atoms. The van der Waals surface area contributed by atoms with Crippen LogP contribution in [0.3, 0.4) is 0 Å². The molecule has 0 saturated heterocycles. The maximum absolute atomic E-state index is 12.6. The molecule has 0 fully saturated rings. The zero-order valence-electron chi connectivity index (χ0n) is 16.6. The third-order valence-corrected chi connectivity index (χ3v) is 6.33. The van der Waals surface area contributed by atoms with Crippen molar-refractivity contribution in [2.45, 2.75) is 13.3 Å². The van der Waals surface area contributed by atoms with Crippen LogP contribution in [0.1, 0.15) is 16.1 Å². The third kappa shape index (κ3) is 5.83. The highest BCUT2D eigenvalue weighted by Crippen LogP contribution is 2.32. The normalized spacial score (nSPS) is 10.9. The van der Waals surface area contributed by atoms with Crippen molar-refractivity contribution < 1.29 is 9.53 Å². The number of ether oxygens (including phenoxy) is 1. The van der Waals surface area contributed by atoms with E-state index in [4.69, 9.17) is 51.1 Å². The molecule has 2 aromatic carbocycles. The Hall–Kier alpha value is -2.23. The van der Waals surface area contributed by atoms with Crippen molar-refractivity contribution >= 4 is 74.1 Å². The van der Waals surface area contributed by atoms with Gasteiger partial charge in [-0.3, -0.25) is 9.48 Å². The van der Waals surface area contributed by atoms with Crippen molar-refractivity contribution in [2.75, 3.05) is 5.32 Å². The van der Waals surface area contributed by atoms with Gasteiger partial charge in [-0.2, -0.15) is 10.2 Å². The molecule has 4 aromatic rings. The van der Waals surface area contributed by atoms with Crippen LogP contribution in [0.4, 0.5) is 5.82 Å². The van der Waals surface area contributed by atoms with E-state index in [2.05, 4.69) is 31.4 Å². The second-order valence-electron chi connectivity index (χ2n) is 6.79. The molecule has 7 nitrogen and oxygen atoms in total.